The van der Waals surface area contributed by atoms with Crippen LogP contribution in [0, 0.1) is 0 Å². The number of carbonyl (C=O) groups is 3. The number of nitrogens with zero attached hydrogens (tertiary/aromatic N) is 1. The first-order chi connectivity index (χ1) is 9.64. The zero-order valence-electron chi connectivity index (χ0n) is 13.2. The fourth-order valence-corrected chi connectivity index (χ4v) is 2.17. The van der Waals surface area contributed by atoms with Crippen LogP contribution < -0.4 is 0 Å². The third-order valence-electron chi connectivity index (χ3n) is 2.97. The monoisotopic (exact) mass is 301 g/mol. The summed E-state index contributed by atoms with van der Waals surface area (Å²) in [6.45, 7) is 6.65. The highest BCUT2D eigenvalue weighted by molar-refractivity contribution is 5.81. The first-order valence-electron chi connectivity index (χ1n) is 6.88. The highest BCUT2D eigenvalue weighted by Gasteiger charge is 2.39. The maximum atomic E-state index is 12.2. The Labute approximate surface area is 124 Å². The number of esters is 2. The normalized spacial score (nSPS) is 22.4. The van der Waals surface area contributed by atoms with Gasteiger partial charge in [-0.2, -0.15) is 0 Å². The molecule has 0 aromatic rings. The highest BCUT2D eigenvalue weighted by Crippen LogP contribution is 2.23. The van der Waals surface area contributed by atoms with Gasteiger partial charge in [-0.1, -0.05) is 0 Å². The van der Waals surface area contributed by atoms with Crippen molar-refractivity contribution >= 4 is 18.0 Å². The molecule has 1 aliphatic rings. The van der Waals surface area contributed by atoms with Crippen molar-refractivity contribution in [2.75, 3.05) is 13.7 Å². The first kappa shape index (κ1) is 17.3. The average Bonchev–Trinajstić information content (AvgIpc) is 2.35. The molecule has 1 heterocycles. The number of likely N-dealkylation sites (tertiary alicyclic amines) is 1. The molecule has 0 aromatic carbocycles. The summed E-state index contributed by atoms with van der Waals surface area (Å²) in [5.41, 5.74) is -0.674. The van der Waals surface area contributed by atoms with Gasteiger partial charge in [0.05, 0.1) is 13.7 Å². The Hall–Kier alpha value is -1.79. The van der Waals surface area contributed by atoms with Crippen molar-refractivity contribution in [3.8, 4) is 0 Å². The number of hydrogen-bond donors (Lipinski definition) is 0. The van der Waals surface area contributed by atoms with Crippen molar-refractivity contribution in [2.45, 2.75) is 58.3 Å². The van der Waals surface area contributed by atoms with E-state index in [2.05, 4.69) is 0 Å². The second-order valence-electron chi connectivity index (χ2n) is 5.98. The molecular formula is C14H23NO6. The molecule has 0 unspecified atom stereocenters. The zero-order chi connectivity index (χ0) is 16.2. The Bertz CT molecular complexity index is 414. The van der Waals surface area contributed by atoms with Gasteiger partial charge in [0.2, 0.25) is 0 Å². The lowest BCUT2D eigenvalue weighted by atomic mass is 10.0. The molecular weight excluding hydrogens is 278 g/mol. The molecule has 0 aromatic heterocycles. The molecule has 0 bridgehead atoms. The molecule has 1 fully saturated rings. The summed E-state index contributed by atoms with van der Waals surface area (Å²) in [5.74, 6) is -0.914. The highest BCUT2D eigenvalue weighted by atomic mass is 16.6. The Balaban J connectivity index is 2.85. The van der Waals surface area contributed by atoms with Crippen LogP contribution in [0.1, 0.15) is 40.5 Å². The van der Waals surface area contributed by atoms with Crippen molar-refractivity contribution in [1.29, 1.82) is 0 Å². The van der Waals surface area contributed by atoms with Crippen molar-refractivity contribution in [1.82, 2.24) is 4.90 Å². The summed E-state index contributed by atoms with van der Waals surface area (Å²) in [6.07, 6.45) is -0.187. The molecule has 0 aliphatic carbocycles. The van der Waals surface area contributed by atoms with Gasteiger partial charge in [-0.25, -0.2) is 9.59 Å². The fourth-order valence-electron chi connectivity index (χ4n) is 2.17. The molecule has 2 atom stereocenters. The van der Waals surface area contributed by atoms with Crippen LogP contribution in [0.3, 0.4) is 0 Å². The molecule has 0 saturated carbocycles. The van der Waals surface area contributed by atoms with Crippen molar-refractivity contribution in [3.05, 3.63) is 0 Å². The molecule has 0 spiro atoms. The molecule has 1 rings (SSSR count). The van der Waals surface area contributed by atoms with E-state index < -0.39 is 35.8 Å². The molecule has 0 N–H and O–H groups in total. The quantitative estimate of drug-likeness (QED) is 0.567. The van der Waals surface area contributed by atoms with Gasteiger partial charge in [-0.3, -0.25) is 9.69 Å². The number of amides is 1. The standard InChI is InChI=1S/C14H23NO6/c1-9(16)20-10-6-7-11(12(17)19-5)15(8-10)13(18)21-14(2,3)4/h10-11H,6-8H2,1-5H3/t10-,11+/m1/s1. The van der Waals surface area contributed by atoms with Gasteiger partial charge in [-0.15, -0.1) is 0 Å². The molecule has 1 amide bonds. The summed E-state index contributed by atoms with van der Waals surface area (Å²) >= 11 is 0. The maximum Gasteiger partial charge on any atom is 0.411 e. The van der Waals surface area contributed by atoms with E-state index in [0.29, 0.717) is 12.8 Å². The smallest absolute Gasteiger partial charge is 0.411 e. The lowest BCUT2D eigenvalue weighted by Gasteiger charge is -2.38. The molecule has 21 heavy (non-hydrogen) atoms. The lowest BCUT2D eigenvalue weighted by molar-refractivity contribution is -0.155. The zero-order valence-corrected chi connectivity index (χ0v) is 13.2. The Morgan fingerprint density at radius 1 is 1.14 bits per heavy atom. The topological polar surface area (TPSA) is 82.1 Å². The van der Waals surface area contributed by atoms with Crippen LogP contribution in [0.4, 0.5) is 4.79 Å². The maximum absolute atomic E-state index is 12.2. The van der Waals surface area contributed by atoms with Gasteiger partial charge in [-0.05, 0) is 33.6 Å². The van der Waals surface area contributed by atoms with Crippen molar-refractivity contribution < 1.29 is 28.6 Å². The van der Waals surface area contributed by atoms with E-state index >= 15 is 0 Å². The number of ether oxygens (including phenoxy) is 3. The molecule has 7 nitrogen and oxygen atoms in total. The lowest BCUT2D eigenvalue weighted by Crippen LogP contribution is -2.54. The second-order valence-corrected chi connectivity index (χ2v) is 5.98. The van der Waals surface area contributed by atoms with Gasteiger partial charge in [0, 0.05) is 6.92 Å². The Morgan fingerprint density at radius 2 is 1.76 bits per heavy atom. The van der Waals surface area contributed by atoms with E-state index in [4.69, 9.17) is 14.2 Å². The molecule has 1 aliphatic heterocycles. The van der Waals surface area contributed by atoms with Gasteiger partial charge in [0.1, 0.15) is 17.7 Å². The summed E-state index contributed by atoms with van der Waals surface area (Å²) < 4.78 is 15.1. The number of methoxy groups -OCH3 is 1. The summed E-state index contributed by atoms with van der Waals surface area (Å²) in [6, 6.07) is -0.711. The van der Waals surface area contributed by atoms with Crippen LogP contribution in [-0.4, -0.2) is 54.3 Å². The number of piperidine rings is 1. The van der Waals surface area contributed by atoms with Crippen molar-refractivity contribution in [2.24, 2.45) is 0 Å². The summed E-state index contributed by atoms with van der Waals surface area (Å²) in [5, 5.41) is 0. The summed E-state index contributed by atoms with van der Waals surface area (Å²) in [7, 11) is 1.27. The van der Waals surface area contributed by atoms with E-state index in [0.717, 1.165) is 0 Å². The average molecular weight is 301 g/mol. The van der Waals surface area contributed by atoms with Gasteiger partial charge in [0.15, 0.2) is 0 Å². The van der Waals surface area contributed by atoms with E-state index in [-0.39, 0.29) is 6.54 Å². The van der Waals surface area contributed by atoms with E-state index in [1.807, 2.05) is 0 Å². The molecule has 120 valence electrons. The third-order valence-corrected chi connectivity index (χ3v) is 2.97. The van der Waals surface area contributed by atoms with Crippen molar-refractivity contribution in [3.63, 3.8) is 0 Å². The van der Waals surface area contributed by atoms with Crippen LogP contribution in [-0.2, 0) is 23.8 Å². The van der Waals surface area contributed by atoms with Gasteiger partial charge < -0.3 is 14.2 Å². The first-order valence-corrected chi connectivity index (χ1v) is 6.88. The second kappa shape index (κ2) is 6.78. The van der Waals surface area contributed by atoms with E-state index in [9.17, 15) is 14.4 Å². The Morgan fingerprint density at radius 3 is 2.24 bits per heavy atom. The largest absolute Gasteiger partial charge is 0.467 e. The third kappa shape index (κ3) is 5.24. The molecule has 1 saturated heterocycles. The molecule has 0 radical (unpaired) electrons. The predicted molar refractivity (Wildman–Crippen MR) is 73.5 cm³/mol. The minimum absolute atomic E-state index is 0.119. The fraction of sp³-hybridized carbons (Fsp3) is 0.786. The van der Waals surface area contributed by atoms with E-state index in [1.54, 1.807) is 20.8 Å². The number of rotatable bonds is 2. The minimum Gasteiger partial charge on any atom is -0.467 e. The van der Waals surface area contributed by atoms with Crippen LogP contribution in [0.5, 0.6) is 0 Å². The van der Waals surface area contributed by atoms with Crippen LogP contribution in [0.15, 0.2) is 0 Å². The molecule has 7 heteroatoms. The Kier molecular flexibility index (Phi) is 5.57. The SMILES string of the molecule is COC(=O)[C@@H]1CC[C@@H](OC(C)=O)CN1C(=O)OC(C)(C)C. The van der Waals surface area contributed by atoms with E-state index in [1.165, 1.54) is 18.9 Å². The van der Waals surface area contributed by atoms with Crippen LogP contribution in [0.2, 0.25) is 0 Å². The summed E-state index contributed by atoms with van der Waals surface area (Å²) in [4.78, 5) is 36.3. The van der Waals surface area contributed by atoms with Gasteiger partial charge in [0.25, 0.3) is 0 Å². The van der Waals surface area contributed by atoms with Crippen LogP contribution >= 0.6 is 0 Å². The minimum atomic E-state index is -0.711. The predicted octanol–water partition coefficient (Wildman–Crippen LogP) is 1.49. The van der Waals surface area contributed by atoms with Gasteiger partial charge >= 0.3 is 18.0 Å². The number of hydrogen-bond acceptors (Lipinski definition) is 6. The van der Waals surface area contributed by atoms with Crippen LogP contribution in [0.25, 0.3) is 0 Å². The number of carbonyl (C=O) groups excluding carboxylic acids is 3.